The lowest BCUT2D eigenvalue weighted by molar-refractivity contribution is 0.123. The normalized spacial score (nSPS) is 17.3. The highest BCUT2D eigenvalue weighted by Gasteiger charge is 2.40. The maximum atomic E-state index is 13.3. The number of nitrogens with zero attached hydrogens (tertiary/aromatic N) is 1. The van der Waals surface area contributed by atoms with Gasteiger partial charge in [0, 0.05) is 11.1 Å². The maximum absolute atomic E-state index is 13.3. The van der Waals surface area contributed by atoms with Crippen LogP contribution in [0.4, 0.5) is 9.18 Å². The largest absolute Gasteiger partial charge is 0.488 e. The van der Waals surface area contributed by atoms with Crippen molar-refractivity contribution in [2.75, 3.05) is 6.61 Å². The Balaban J connectivity index is 1.57. The Morgan fingerprint density at radius 2 is 1.97 bits per heavy atom. The van der Waals surface area contributed by atoms with Gasteiger partial charge < -0.3 is 14.8 Å². The Hall–Kier alpha value is -3.12. The number of aromatic nitrogens is 1. The lowest BCUT2D eigenvalue weighted by atomic mass is 9.94. The Morgan fingerprint density at radius 3 is 2.69 bits per heavy atom. The topological polar surface area (TPSA) is 60.5 Å². The predicted molar refractivity (Wildman–Crippen MR) is 107 cm³/mol. The number of carbonyl (C=O) groups is 1. The molecule has 29 heavy (non-hydrogen) atoms. The summed E-state index contributed by atoms with van der Waals surface area (Å²) >= 11 is 6.23. The third kappa shape index (κ3) is 4.03. The van der Waals surface area contributed by atoms with Gasteiger partial charge in [0.15, 0.2) is 5.75 Å². The van der Waals surface area contributed by atoms with Crippen molar-refractivity contribution in [3.63, 3.8) is 0 Å². The number of amides is 1. The molecule has 2 aromatic carbocycles. The van der Waals surface area contributed by atoms with Gasteiger partial charge in [-0.1, -0.05) is 41.9 Å². The second-order valence-corrected chi connectivity index (χ2v) is 7.37. The van der Waals surface area contributed by atoms with E-state index in [1.165, 1.54) is 12.1 Å². The number of alkyl carbamates (subject to hydrolysis) is 1. The maximum Gasteiger partial charge on any atom is 0.408 e. The fraction of sp³-hybridized carbons (Fsp3) is 0.182. The number of nitrogens with one attached hydrogen (secondary N) is 1. The summed E-state index contributed by atoms with van der Waals surface area (Å²) in [6.45, 7) is 2.18. The second-order valence-electron chi connectivity index (χ2n) is 6.98. The van der Waals surface area contributed by atoms with Crippen LogP contribution in [-0.4, -0.2) is 17.7 Å². The molecule has 1 aromatic heterocycles. The van der Waals surface area contributed by atoms with Crippen LogP contribution in [0.2, 0.25) is 5.15 Å². The first-order valence-electron chi connectivity index (χ1n) is 9.03. The Bertz CT molecular complexity index is 1040. The summed E-state index contributed by atoms with van der Waals surface area (Å²) in [5.74, 6) is 0.160. The molecule has 1 aliphatic heterocycles. The molecule has 0 bridgehead atoms. The molecule has 0 radical (unpaired) electrons. The minimum atomic E-state index is -0.843. The minimum absolute atomic E-state index is 0.161. The zero-order chi connectivity index (χ0) is 20.4. The van der Waals surface area contributed by atoms with E-state index in [0.29, 0.717) is 22.6 Å². The molecule has 0 saturated heterocycles. The smallest absolute Gasteiger partial charge is 0.408 e. The third-order valence-electron chi connectivity index (χ3n) is 4.75. The van der Waals surface area contributed by atoms with Crippen LogP contribution >= 0.6 is 11.6 Å². The van der Waals surface area contributed by atoms with Gasteiger partial charge in [0.25, 0.3) is 0 Å². The van der Waals surface area contributed by atoms with Crippen LogP contribution in [0, 0.1) is 5.82 Å². The lowest BCUT2D eigenvalue weighted by Gasteiger charge is -2.24. The number of fused-ring (bicyclic) bond motifs is 1. The molecule has 0 saturated carbocycles. The lowest BCUT2D eigenvalue weighted by Crippen LogP contribution is -2.45. The van der Waals surface area contributed by atoms with Crippen LogP contribution in [0.15, 0.2) is 60.7 Å². The van der Waals surface area contributed by atoms with Crippen LogP contribution < -0.4 is 10.1 Å². The molecule has 7 heteroatoms. The number of hydrogen-bond donors (Lipinski definition) is 1. The highest BCUT2D eigenvalue weighted by atomic mass is 35.5. The number of rotatable bonds is 4. The molecule has 1 aliphatic rings. The standard InChI is InChI=1S/C22H18ClFN2O3/c1-22(26-21(27)28-12-14-5-3-2-4-6-14)13-29-20-17(22)11-18(23)25-19(20)15-7-9-16(24)10-8-15/h2-11H,12-13H2,1H3,(H,26,27). The number of ether oxygens (including phenoxy) is 2. The van der Waals surface area contributed by atoms with Crippen LogP contribution in [0.5, 0.6) is 5.75 Å². The molecular formula is C22H18ClFN2O3. The minimum Gasteiger partial charge on any atom is -0.488 e. The summed E-state index contributed by atoms with van der Waals surface area (Å²) in [5.41, 5.74) is 1.90. The van der Waals surface area contributed by atoms with Crippen molar-refractivity contribution >= 4 is 17.7 Å². The van der Waals surface area contributed by atoms with Crippen LogP contribution in [0.3, 0.4) is 0 Å². The molecule has 0 fully saturated rings. The first-order chi connectivity index (χ1) is 13.9. The van der Waals surface area contributed by atoms with Crippen molar-refractivity contribution in [3.05, 3.63) is 82.8 Å². The SMILES string of the molecule is CC1(NC(=O)OCc2ccccc2)COc2c1cc(Cl)nc2-c1ccc(F)cc1. The van der Waals surface area contributed by atoms with E-state index in [2.05, 4.69) is 10.3 Å². The second kappa shape index (κ2) is 7.72. The summed E-state index contributed by atoms with van der Waals surface area (Å²) in [5, 5.41) is 3.11. The number of hydrogen-bond acceptors (Lipinski definition) is 4. The molecule has 0 spiro atoms. The Labute approximate surface area is 172 Å². The fourth-order valence-corrected chi connectivity index (χ4v) is 3.44. The van der Waals surface area contributed by atoms with Crippen molar-refractivity contribution in [1.29, 1.82) is 0 Å². The van der Waals surface area contributed by atoms with Gasteiger partial charge in [-0.05, 0) is 42.8 Å². The first-order valence-corrected chi connectivity index (χ1v) is 9.41. The zero-order valence-electron chi connectivity index (χ0n) is 15.6. The number of halogens is 2. The molecule has 0 aliphatic carbocycles. The van der Waals surface area contributed by atoms with Crippen LogP contribution in [-0.2, 0) is 16.9 Å². The average molecular weight is 413 g/mol. The van der Waals surface area contributed by atoms with E-state index in [4.69, 9.17) is 21.1 Å². The van der Waals surface area contributed by atoms with E-state index in [1.54, 1.807) is 18.2 Å². The van der Waals surface area contributed by atoms with Gasteiger partial charge in [0.2, 0.25) is 0 Å². The Morgan fingerprint density at radius 1 is 1.24 bits per heavy atom. The van der Waals surface area contributed by atoms with E-state index >= 15 is 0 Å². The van der Waals surface area contributed by atoms with Crippen LogP contribution in [0.25, 0.3) is 11.3 Å². The fourth-order valence-electron chi connectivity index (χ4n) is 3.24. The van der Waals surface area contributed by atoms with E-state index < -0.39 is 11.6 Å². The molecule has 4 rings (SSSR count). The molecule has 1 amide bonds. The van der Waals surface area contributed by atoms with Gasteiger partial charge in [0.1, 0.15) is 35.4 Å². The number of benzene rings is 2. The van der Waals surface area contributed by atoms with Gasteiger partial charge in [-0.15, -0.1) is 0 Å². The van der Waals surface area contributed by atoms with Crippen LogP contribution in [0.1, 0.15) is 18.1 Å². The van der Waals surface area contributed by atoms with Gasteiger partial charge >= 0.3 is 6.09 Å². The highest BCUT2D eigenvalue weighted by molar-refractivity contribution is 6.29. The summed E-state index contributed by atoms with van der Waals surface area (Å²) < 4.78 is 24.5. The summed E-state index contributed by atoms with van der Waals surface area (Å²) in [7, 11) is 0. The van der Waals surface area contributed by atoms with Gasteiger partial charge in [-0.2, -0.15) is 0 Å². The predicted octanol–water partition coefficient (Wildman–Crippen LogP) is 5.08. The summed E-state index contributed by atoms with van der Waals surface area (Å²) in [6, 6.07) is 17.0. The van der Waals surface area contributed by atoms with Crippen molar-refractivity contribution in [1.82, 2.24) is 10.3 Å². The van der Waals surface area contributed by atoms with E-state index in [1.807, 2.05) is 37.3 Å². The van der Waals surface area contributed by atoms with Gasteiger partial charge in [0.05, 0.1) is 0 Å². The van der Waals surface area contributed by atoms with E-state index in [9.17, 15) is 9.18 Å². The molecular weight excluding hydrogens is 395 g/mol. The number of carbonyl (C=O) groups excluding carboxylic acids is 1. The van der Waals surface area contributed by atoms with Crippen molar-refractivity contribution in [2.24, 2.45) is 0 Å². The van der Waals surface area contributed by atoms with E-state index in [-0.39, 0.29) is 24.2 Å². The molecule has 3 aromatic rings. The molecule has 2 heterocycles. The summed E-state index contributed by atoms with van der Waals surface area (Å²) in [4.78, 5) is 16.7. The van der Waals surface area contributed by atoms with Gasteiger partial charge in [-0.3, -0.25) is 0 Å². The van der Waals surface area contributed by atoms with Crippen molar-refractivity contribution in [2.45, 2.75) is 19.1 Å². The molecule has 5 nitrogen and oxygen atoms in total. The molecule has 1 N–H and O–H groups in total. The Kier molecular flexibility index (Phi) is 5.11. The monoisotopic (exact) mass is 412 g/mol. The van der Waals surface area contributed by atoms with Crippen molar-refractivity contribution < 1.29 is 18.7 Å². The van der Waals surface area contributed by atoms with Crippen molar-refractivity contribution in [3.8, 4) is 17.0 Å². The zero-order valence-corrected chi connectivity index (χ0v) is 16.4. The first kappa shape index (κ1) is 19.2. The highest BCUT2D eigenvalue weighted by Crippen LogP contribution is 2.43. The molecule has 1 unspecified atom stereocenters. The molecule has 1 atom stereocenters. The summed E-state index contributed by atoms with van der Waals surface area (Å²) in [6.07, 6.45) is -0.566. The van der Waals surface area contributed by atoms with Gasteiger partial charge in [-0.25, -0.2) is 14.2 Å². The quantitative estimate of drug-likeness (QED) is 0.607. The van der Waals surface area contributed by atoms with E-state index in [0.717, 1.165) is 5.56 Å². The number of pyridine rings is 1. The third-order valence-corrected chi connectivity index (χ3v) is 4.94. The molecule has 148 valence electrons. The average Bonchev–Trinajstić information content (AvgIpc) is 3.03.